The first-order chi connectivity index (χ1) is 16.0. The third-order valence-electron chi connectivity index (χ3n) is 7.01. The molecule has 2 heteroatoms. The van der Waals surface area contributed by atoms with Crippen LogP contribution in [0.1, 0.15) is 86.0 Å². The van der Waals surface area contributed by atoms with Gasteiger partial charge in [-0.25, -0.2) is 0 Å². The molecule has 0 spiro atoms. The summed E-state index contributed by atoms with van der Waals surface area (Å²) in [5, 5.41) is 0. The zero-order valence-corrected chi connectivity index (χ0v) is 21.6. The normalized spacial score (nSPS) is 12.3. The maximum atomic E-state index is 5.16. The molecule has 0 radical (unpaired) electrons. The first kappa shape index (κ1) is 25.2. The smallest absolute Gasteiger partial charge is 0.0713 e. The van der Waals surface area contributed by atoms with Gasteiger partial charge in [-0.3, -0.25) is 9.88 Å². The number of hydrogen-bond acceptors (Lipinski definition) is 2. The number of aromatic nitrogens is 1. The Hall–Kier alpha value is -2.45. The predicted molar refractivity (Wildman–Crippen MR) is 143 cm³/mol. The van der Waals surface area contributed by atoms with E-state index in [2.05, 4.69) is 101 Å². The maximum absolute atomic E-state index is 5.16. The van der Waals surface area contributed by atoms with E-state index in [1.54, 1.807) is 0 Å². The summed E-state index contributed by atoms with van der Waals surface area (Å²) < 4.78 is 0. The molecular weight excluding hydrogens is 400 g/mol. The predicted octanol–water partition coefficient (Wildman–Crippen LogP) is 8.24. The van der Waals surface area contributed by atoms with Crippen LogP contribution in [0.3, 0.4) is 0 Å². The molecule has 0 aliphatic heterocycles. The van der Waals surface area contributed by atoms with Crippen molar-refractivity contribution in [1.82, 2.24) is 9.88 Å². The minimum absolute atomic E-state index is 0.434. The Balaban J connectivity index is 1.91. The van der Waals surface area contributed by atoms with E-state index in [0.717, 1.165) is 30.8 Å². The molecule has 1 unspecified atom stereocenters. The molecular formula is C31H42N2. The summed E-state index contributed by atoms with van der Waals surface area (Å²) in [7, 11) is 2.28. The lowest BCUT2D eigenvalue weighted by atomic mass is 9.93. The minimum atomic E-state index is 0.434. The van der Waals surface area contributed by atoms with Crippen LogP contribution in [0.4, 0.5) is 0 Å². The summed E-state index contributed by atoms with van der Waals surface area (Å²) >= 11 is 0. The van der Waals surface area contributed by atoms with E-state index >= 15 is 0 Å². The lowest BCUT2D eigenvalue weighted by Gasteiger charge is -2.30. The fourth-order valence-electron chi connectivity index (χ4n) is 5.06. The van der Waals surface area contributed by atoms with Crippen LogP contribution in [0.2, 0.25) is 0 Å². The van der Waals surface area contributed by atoms with Gasteiger partial charge in [0, 0.05) is 23.8 Å². The Bertz CT molecular complexity index is 977. The Labute approximate surface area is 202 Å². The number of nitrogens with zero attached hydrogens (tertiary/aromatic N) is 2. The molecule has 0 aliphatic carbocycles. The van der Waals surface area contributed by atoms with Gasteiger partial charge in [0.05, 0.1) is 5.69 Å². The number of unbranched alkanes of at least 4 members (excludes halogenated alkanes) is 2. The lowest BCUT2D eigenvalue weighted by Crippen LogP contribution is -2.25. The van der Waals surface area contributed by atoms with Crippen LogP contribution in [0.25, 0.3) is 11.3 Å². The zero-order valence-electron chi connectivity index (χ0n) is 21.6. The maximum Gasteiger partial charge on any atom is 0.0713 e. The second kappa shape index (κ2) is 12.1. The van der Waals surface area contributed by atoms with Crippen LogP contribution in [0.15, 0.2) is 54.6 Å². The van der Waals surface area contributed by atoms with Crippen LogP contribution in [-0.4, -0.2) is 16.9 Å². The molecule has 0 saturated carbocycles. The van der Waals surface area contributed by atoms with E-state index in [1.807, 2.05) is 0 Å². The van der Waals surface area contributed by atoms with E-state index in [1.165, 1.54) is 59.1 Å². The number of aryl methyl sites for hydroxylation is 4. The van der Waals surface area contributed by atoms with Crippen LogP contribution in [0, 0.1) is 13.8 Å². The van der Waals surface area contributed by atoms with Crippen molar-refractivity contribution in [2.24, 2.45) is 0 Å². The van der Waals surface area contributed by atoms with Crippen molar-refractivity contribution in [1.29, 1.82) is 0 Å². The molecule has 0 bridgehead atoms. The molecule has 1 atom stereocenters. The third kappa shape index (κ3) is 6.12. The molecule has 0 aliphatic rings. The zero-order chi connectivity index (χ0) is 23.8. The highest BCUT2D eigenvalue weighted by Crippen LogP contribution is 2.32. The summed E-state index contributed by atoms with van der Waals surface area (Å²) in [6.07, 6.45) is 7.08. The van der Waals surface area contributed by atoms with Gasteiger partial charge in [0.15, 0.2) is 0 Å². The van der Waals surface area contributed by atoms with Crippen LogP contribution >= 0.6 is 0 Å². The van der Waals surface area contributed by atoms with E-state index < -0.39 is 0 Å². The first-order valence-electron chi connectivity index (χ1n) is 12.8. The molecule has 0 N–H and O–H groups in total. The Morgan fingerprint density at radius 1 is 0.848 bits per heavy atom. The van der Waals surface area contributed by atoms with Crippen molar-refractivity contribution in [3.63, 3.8) is 0 Å². The number of hydrogen-bond donors (Lipinski definition) is 0. The summed E-state index contributed by atoms with van der Waals surface area (Å²) in [6.45, 7) is 12.1. The van der Waals surface area contributed by atoms with Gasteiger partial charge in [0.25, 0.3) is 0 Å². The van der Waals surface area contributed by atoms with Gasteiger partial charge in [-0.05, 0) is 74.0 Å². The fourth-order valence-corrected chi connectivity index (χ4v) is 5.06. The third-order valence-corrected chi connectivity index (χ3v) is 7.01. The van der Waals surface area contributed by atoms with Crippen molar-refractivity contribution in [3.05, 3.63) is 88.1 Å². The van der Waals surface area contributed by atoms with Crippen molar-refractivity contribution in [2.45, 2.75) is 85.7 Å². The van der Waals surface area contributed by atoms with Crippen LogP contribution in [-0.2, 0) is 19.4 Å². The van der Waals surface area contributed by atoms with Crippen LogP contribution in [0.5, 0.6) is 0 Å². The molecule has 1 aromatic heterocycles. The number of rotatable bonds is 11. The highest BCUT2D eigenvalue weighted by Gasteiger charge is 2.20. The topological polar surface area (TPSA) is 16.1 Å². The monoisotopic (exact) mass is 442 g/mol. The number of pyridine rings is 1. The van der Waals surface area contributed by atoms with E-state index in [9.17, 15) is 0 Å². The van der Waals surface area contributed by atoms with E-state index in [-0.39, 0.29) is 0 Å². The molecule has 33 heavy (non-hydrogen) atoms. The van der Waals surface area contributed by atoms with Gasteiger partial charge >= 0.3 is 0 Å². The molecule has 0 amide bonds. The van der Waals surface area contributed by atoms with Gasteiger partial charge in [-0.1, -0.05) is 88.6 Å². The molecule has 2 aromatic carbocycles. The minimum Gasteiger partial charge on any atom is -0.295 e. The van der Waals surface area contributed by atoms with Crippen LogP contribution < -0.4 is 0 Å². The standard InChI is InChI=1S/C31H42N2/c1-7-10-12-20-30(27-16-13-11-14-17-27)33(6)22-28-23(4)21-29(32-24(28)5)31-25(8-2)18-15-19-26(31)9-3/h11,13-19,21,30H,7-10,12,20,22H2,1-6H3. The first-order valence-corrected chi connectivity index (χ1v) is 12.8. The van der Waals surface area contributed by atoms with Gasteiger partial charge in [-0.2, -0.15) is 0 Å². The van der Waals surface area contributed by atoms with Gasteiger partial charge < -0.3 is 0 Å². The molecule has 176 valence electrons. The Morgan fingerprint density at radius 2 is 1.52 bits per heavy atom. The van der Waals surface area contributed by atoms with Gasteiger partial charge in [-0.15, -0.1) is 0 Å². The van der Waals surface area contributed by atoms with Crippen molar-refractivity contribution in [2.75, 3.05) is 7.05 Å². The second-order valence-corrected chi connectivity index (χ2v) is 9.38. The van der Waals surface area contributed by atoms with Crippen molar-refractivity contribution >= 4 is 0 Å². The molecule has 0 saturated heterocycles. The molecule has 0 fully saturated rings. The Morgan fingerprint density at radius 3 is 2.09 bits per heavy atom. The molecule has 2 nitrogen and oxygen atoms in total. The average Bonchev–Trinajstić information content (AvgIpc) is 2.83. The average molecular weight is 443 g/mol. The van der Waals surface area contributed by atoms with E-state index in [0.29, 0.717) is 6.04 Å². The largest absolute Gasteiger partial charge is 0.295 e. The number of benzene rings is 2. The highest BCUT2D eigenvalue weighted by atomic mass is 15.1. The van der Waals surface area contributed by atoms with E-state index in [4.69, 9.17) is 4.98 Å². The van der Waals surface area contributed by atoms with Gasteiger partial charge in [0.1, 0.15) is 0 Å². The fraction of sp³-hybridized carbons (Fsp3) is 0.452. The summed E-state index contributed by atoms with van der Waals surface area (Å²) in [4.78, 5) is 7.68. The highest BCUT2D eigenvalue weighted by molar-refractivity contribution is 5.69. The van der Waals surface area contributed by atoms with Crippen molar-refractivity contribution in [3.8, 4) is 11.3 Å². The SMILES string of the molecule is CCCCCC(c1ccccc1)N(C)Cc1c(C)cc(-c2c(CC)cccc2CC)nc1C. The lowest BCUT2D eigenvalue weighted by molar-refractivity contribution is 0.219. The summed E-state index contributed by atoms with van der Waals surface area (Å²) in [5.74, 6) is 0. The molecule has 3 aromatic rings. The second-order valence-electron chi connectivity index (χ2n) is 9.38. The Kier molecular flexibility index (Phi) is 9.26. The van der Waals surface area contributed by atoms with Crippen molar-refractivity contribution < 1.29 is 0 Å². The molecule has 1 heterocycles. The summed E-state index contributed by atoms with van der Waals surface area (Å²) in [5.41, 5.74) is 10.5. The summed E-state index contributed by atoms with van der Waals surface area (Å²) in [6, 6.07) is 20.5. The van der Waals surface area contributed by atoms with Gasteiger partial charge in [0.2, 0.25) is 0 Å². The molecule has 3 rings (SSSR count). The quantitative estimate of drug-likeness (QED) is 0.278.